The quantitative estimate of drug-likeness (QED) is 0.666. The van der Waals surface area contributed by atoms with E-state index < -0.39 is 5.60 Å². The Hall–Kier alpha value is -2.08. The second-order valence-electron chi connectivity index (χ2n) is 5.95. The first-order chi connectivity index (χ1) is 11.1. The molecule has 6 heteroatoms. The molecule has 0 bridgehead atoms. The van der Waals surface area contributed by atoms with Gasteiger partial charge in [0, 0.05) is 25.6 Å². The van der Waals surface area contributed by atoms with Crippen molar-refractivity contribution in [2.45, 2.75) is 44.1 Å². The molecule has 2 rings (SSSR count). The Morgan fingerprint density at radius 3 is 2.74 bits per heavy atom. The zero-order valence-electron chi connectivity index (χ0n) is 13.2. The molecule has 3 N–H and O–H groups in total. The highest BCUT2D eigenvalue weighted by atomic mass is 16.3. The molecule has 1 aliphatic carbocycles. The summed E-state index contributed by atoms with van der Waals surface area (Å²) in [6.07, 6.45) is 9.28. The lowest BCUT2D eigenvalue weighted by molar-refractivity contribution is -0.122. The highest BCUT2D eigenvalue weighted by Gasteiger charge is 2.29. The first-order valence-corrected chi connectivity index (χ1v) is 8.06. The summed E-state index contributed by atoms with van der Waals surface area (Å²) in [6, 6.07) is 3.48. The molecular formula is C17H24N2O4. The van der Waals surface area contributed by atoms with E-state index in [2.05, 4.69) is 10.6 Å². The molecule has 0 aliphatic heterocycles. The Balaban J connectivity index is 1.60. The SMILES string of the molecule is O=C(C=Cc1ccco1)NCCC(=O)NCC1(O)CCCCC1. The third kappa shape index (κ3) is 6.28. The summed E-state index contributed by atoms with van der Waals surface area (Å²) in [7, 11) is 0. The van der Waals surface area contributed by atoms with Crippen molar-refractivity contribution in [2.75, 3.05) is 13.1 Å². The normalized spacial score (nSPS) is 17.1. The van der Waals surface area contributed by atoms with Gasteiger partial charge in [0.05, 0.1) is 11.9 Å². The molecule has 1 heterocycles. The predicted octanol–water partition coefficient (Wildman–Crippen LogP) is 1.61. The van der Waals surface area contributed by atoms with Crippen molar-refractivity contribution in [1.29, 1.82) is 0 Å². The highest BCUT2D eigenvalue weighted by molar-refractivity contribution is 5.91. The van der Waals surface area contributed by atoms with Crippen LogP contribution in [0.25, 0.3) is 6.08 Å². The summed E-state index contributed by atoms with van der Waals surface area (Å²) >= 11 is 0. The molecule has 0 spiro atoms. The van der Waals surface area contributed by atoms with Crippen LogP contribution in [0, 0.1) is 0 Å². The fourth-order valence-corrected chi connectivity index (χ4v) is 2.64. The average molecular weight is 320 g/mol. The zero-order valence-corrected chi connectivity index (χ0v) is 13.2. The van der Waals surface area contributed by atoms with Gasteiger partial charge in [-0.05, 0) is 31.1 Å². The number of carbonyl (C=O) groups is 2. The first kappa shape index (κ1) is 17.3. The van der Waals surface area contributed by atoms with E-state index in [0.717, 1.165) is 32.1 Å². The van der Waals surface area contributed by atoms with Crippen molar-refractivity contribution in [3.05, 3.63) is 30.2 Å². The highest BCUT2D eigenvalue weighted by Crippen LogP contribution is 2.27. The monoisotopic (exact) mass is 320 g/mol. The van der Waals surface area contributed by atoms with Gasteiger partial charge in [-0.2, -0.15) is 0 Å². The molecule has 126 valence electrons. The van der Waals surface area contributed by atoms with E-state index >= 15 is 0 Å². The second-order valence-corrected chi connectivity index (χ2v) is 5.95. The number of furan rings is 1. The fraction of sp³-hybridized carbons (Fsp3) is 0.529. The summed E-state index contributed by atoms with van der Waals surface area (Å²) in [6.45, 7) is 0.545. The van der Waals surface area contributed by atoms with Gasteiger partial charge >= 0.3 is 0 Å². The Morgan fingerprint density at radius 1 is 1.26 bits per heavy atom. The van der Waals surface area contributed by atoms with Gasteiger partial charge in [0.15, 0.2) is 0 Å². The van der Waals surface area contributed by atoms with Crippen LogP contribution in [0.3, 0.4) is 0 Å². The zero-order chi connectivity index (χ0) is 16.5. The van der Waals surface area contributed by atoms with Crippen LogP contribution < -0.4 is 10.6 Å². The molecule has 6 nitrogen and oxygen atoms in total. The third-order valence-electron chi connectivity index (χ3n) is 3.99. The summed E-state index contributed by atoms with van der Waals surface area (Å²) in [4.78, 5) is 23.3. The fourth-order valence-electron chi connectivity index (χ4n) is 2.64. The van der Waals surface area contributed by atoms with E-state index in [0.29, 0.717) is 5.76 Å². The molecule has 0 aromatic carbocycles. The molecule has 1 aliphatic rings. The molecule has 0 radical (unpaired) electrons. The van der Waals surface area contributed by atoms with Crippen molar-refractivity contribution < 1.29 is 19.1 Å². The lowest BCUT2D eigenvalue weighted by Gasteiger charge is -2.32. The van der Waals surface area contributed by atoms with Gasteiger partial charge in [-0.1, -0.05) is 19.3 Å². The number of amides is 2. The number of carbonyl (C=O) groups excluding carboxylic acids is 2. The van der Waals surface area contributed by atoms with Crippen molar-refractivity contribution in [1.82, 2.24) is 10.6 Å². The molecule has 23 heavy (non-hydrogen) atoms. The Labute approximate surface area is 135 Å². The van der Waals surface area contributed by atoms with E-state index in [-0.39, 0.29) is 31.3 Å². The maximum Gasteiger partial charge on any atom is 0.244 e. The van der Waals surface area contributed by atoms with Gasteiger partial charge in [0.2, 0.25) is 11.8 Å². The standard InChI is InChI=1S/C17H24N2O4/c20-15(7-6-14-5-4-12-23-14)18-11-8-16(21)19-13-17(22)9-2-1-3-10-17/h4-7,12,22H,1-3,8-11,13H2,(H,18,20)(H,19,21). The Bertz CT molecular complexity index is 531. The van der Waals surface area contributed by atoms with Crippen molar-refractivity contribution in [3.63, 3.8) is 0 Å². The van der Waals surface area contributed by atoms with Gasteiger partial charge < -0.3 is 20.2 Å². The lowest BCUT2D eigenvalue weighted by atomic mass is 9.85. The topological polar surface area (TPSA) is 91.6 Å². The van der Waals surface area contributed by atoms with Crippen molar-refractivity contribution in [2.24, 2.45) is 0 Å². The van der Waals surface area contributed by atoms with E-state index in [9.17, 15) is 14.7 Å². The lowest BCUT2D eigenvalue weighted by Crippen LogP contribution is -2.44. The molecular weight excluding hydrogens is 296 g/mol. The molecule has 0 atom stereocenters. The van der Waals surface area contributed by atoms with Crippen LogP contribution >= 0.6 is 0 Å². The number of aliphatic hydroxyl groups is 1. The van der Waals surface area contributed by atoms with Gasteiger partial charge in [-0.15, -0.1) is 0 Å². The number of rotatable bonds is 7. The minimum atomic E-state index is -0.761. The summed E-state index contributed by atoms with van der Waals surface area (Å²) in [5.74, 6) is 0.151. The average Bonchev–Trinajstić information content (AvgIpc) is 3.05. The van der Waals surface area contributed by atoms with Gasteiger partial charge in [-0.25, -0.2) is 0 Å². The van der Waals surface area contributed by atoms with E-state index in [4.69, 9.17) is 4.42 Å². The molecule has 2 amide bonds. The maximum absolute atomic E-state index is 11.7. The maximum atomic E-state index is 11.7. The molecule has 1 fully saturated rings. The Morgan fingerprint density at radius 2 is 2.04 bits per heavy atom. The summed E-state index contributed by atoms with van der Waals surface area (Å²) < 4.78 is 5.07. The van der Waals surface area contributed by atoms with E-state index in [1.54, 1.807) is 18.2 Å². The van der Waals surface area contributed by atoms with Gasteiger partial charge in [0.25, 0.3) is 0 Å². The molecule has 0 saturated heterocycles. The van der Waals surface area contributed by atoms with E-state index in [1.165, 1.54) is 12.3 Å². The largest absolute Gasteiger partial charge is 0.465 e. The van der Waals surface area contributed by atoms with Gasteiger partial charge in [-0.3, -0.25) is 9.59 Å². The van der Waals surface area contributed by atoms with Gasteiger partial charge in [0.1, 0.15) is 5.76 Å². The van der Waals surface area contributed by atoms with Crippen molar-refractivity contribution >= 4 is 17.9 Å². The number of hydrogen-bond donors (Lipinski definition) is 3. The molecule has 1 saturated carbocycles. The van der Waals surface area contributed by atoms with Crippen LogP contribution in [0.5, 0.6) is 0 Å². The van der Waals surface area contributed by atoms with Crippen LogP contribution in [-0.2, 0) is 9.59 Å². The van der Waals surface area contributed by atoms with Crippen LogP contribution in [0.4, 0.5) is 0 Å². The minimum Gasteiger partial charge on any atom is -0.465 e. The van der Waals surface area contributed by atoms with Crippen LogP contribution in [-0.4, -0.2) is 35.6 Å². The second kappa shape index (κ2) is 8.53. The summed E-state index contributed by atoms with van der Waals surface area (Å²) in [5.41, 5.74) is -0.761. The molecule has 0 unspecified atom stereocenters. The molecule has 1 aromatic rings. The Kier molecular flexibility index (Phi) is 6.40. The minimum absolute atomic E-state index is 0.167. The number of hydrogen-bond acceptors (Lipinski definition) is 4. The van der Waals surface area contributed by atoms with Crippen LogP contribution in [0.2, 0.25) is 0 Å². The van der Waals surface area contributed by atoms with Crippen molar-refractivity contribution in [3.8, 4) is 0 Å². The predicted molar refractivity (Wildman–Crippen MR) is 86.4 cm³/mol. The summed E-state index contributed by atoms with van der Waals surface area (Å²) in [5, 5.41) is 15.7. The number of nitrogens with one attached hydrogen (secondary N) is 2. The van der Waals surface area contributed by atoms with Crippen LogP contribution in [0.15, 0.2) is 28.9 Å². The first-order valence-electron chi connectivity index (χ1n) is 8.06. The van der Waals surface area contributed by atoms with Crippen LogP contribution in [0.1, 0.15) is 44.3 Å². The smallest absolute Gasteiger partial charge is 0.244 e. The van der Waals surface area contributed by atoms with E-state index in [1.807, 2.05) is 0 Å². The molecule has 1 aromatic heterocycles. The third-order valence-corrected chi connectivity index (χ3v) is 3.99.